The molecule has 1 aliphatic heterocycles. The van der Waals surface area contributed by atoms with Gasteiger partial charge in [0.2, 0.25) is 0 Å². The fraction of sp³-hybridized carbons (Fsp3) is 0.583. The largest absolute Gasteiger partial charge is 0.379 e. The van der Waals surface area contributed by atoms with Crippen LogP contribution in [0.5, 0.6) is 0 Å². The standard InChI is InChI=1S/C12H18ClN3O2/c13-10-8-11(15-9-10)12(17)14-2-1-3-16-4-6-18-7-5-16/h8-9,15H,1-7H2,(H,14,17). The summed E-state index contributed by atoms with van der Waals surface area (Å²) in [5, 5.41) is 3.41. The molecule has 1 fully saturated rings. The van der Waals surface area contributed by atoms with Gasteiger partial charge >= 0.3 is 0 Å². The molecule has 18 heavy (non-hydrogen) atoms. The SMILES string of the molecule is O=C(NCCCN1CCOCC1)c1cc(Cl)c[nH]1. The first-order valence-electron chi connectivity index (χ1n) is 6.18. The van der Waals surface area contributed by atoms with Crippen molar-refractivity contribution in [2.75, 3.05) is 39.4 Å². The highest BCUT2D eigenvalue weighted by atomic mass is 35.5. The van der Waals surface area contributed by atoms with Crippen LogP contribution < -0.4 is 5.32 Å². The molecule has 0 radical (unpaired) electrons. The maximum absolute atomic E-state index is 11.7. The number of H-pyrrole nitrogens is 1. The number of carbonyl (C=O) groups is 1. The number of aromatic amines is 1. The Morgan fingerprint density at radius 2 is 2.28 bits per heavy atom. The zero-order chi connectivity index (χ0) is 12.8. The highest BCUT2D eigenvalue weighted by Gasteiger charge is 2.10. The number of rotatable bonds is 5. The minimum atomic E-state index is -0.108. The van der Waals surface area contributed by atoms with Crippen molar-refractivity contribution in [3.63, 3.8) is 0 Å². The molecular formula is C12H18ClN3O2. The Kier molecular flexibility index (Phi) is 5.04. The van der Waals surface area contributed by atoms with Crippen molar-refractivity contribution < 1.29 is 9.53 Å². The van der Waals surface area contributed by atoms with Crippen molar-refractivity contribution >= 4 is 17.5 Å². The third-order valence-corrected chi connectivity index (χ3v) is 3.15. The van der Waals surface area contributed by atoms with E-state index in [9.17, 15) is 4.79 Å². The molecule has 0 unspecified atom stereocenters. The van der Waals surface area contributed by atoms with Gasteiger partial charge in [-0.25, -0.2) is 0 Å². The maximum Gasteiger partial charge on any atom is 0.267 e. The van der Waals surface area contributed by atoms with Gasteiger partial charge < -0.3 is 15.0 Å². The van der Waals surface area contributed by atoms with E-state index in [-0.39, 0.29) is 5.91 Å². The molecule has 0 atom stereocenters. The van der Waals surface area contributed by atoms with Crippen molar-refractivity contribution in [2.45, 2.75) is 6.42 Å². The van der Waals surface area contributed by atoms with E-state index in [1.165, 1.54) is 0 Å². The molecule has 1 saturated heterocycles. The summed E-state index contributed by atoms with van der Waals surface area (Å²) in [6.45, 7) is 5.27. The molecule has 2 rings (SSSR count). The molecule has 0 saturated carbocycles. The first-order chi connectivity index (χ1) is 8.75. The zero-order valence-electron chi connectivity index (χ0n) is 10.2. The molecule has 5 nitrogen and oxygen atoms in total. The van der Waals surface area contributed by atoms with Crippen LogP contribution in [0.1, 0.15) is 16.9 Å². The van der Waals surface area contributed by atoms with E-state index in [0.717, 1.165) is 39.3 Å². The Labute approximate surface area is 111 Å². The molecule has 100 valence electrons. The lowest BCUT2D eigenvalue weighted by molar-refractivity contribution is 0.0374. The van der Waals surface area contributed by atoms with E-state index < -0.39 is 0 Å². The number of morpholine rings is 1. The molecule has 0 aliphatic carbocycles. The van der Waals surface area contributed by atoms with Gasteiger partial charge in [-0.3, -0.25) is 9.69 Å². The Bertz CT molecular complexity index is 388. The number of halogens is 1. The molecule has 6 heteroatoms. The monoisotopic (exact) mass is 271 g/mol. The normalized spacial score (nSPS) is 16.7. The summed E-state index contributed by atoms with van der Waals surface area (Å²) in [5.41, 5.74) is 0.506. The van der Waals surface area contributed by atoms with Crippen LogP contribution in [0.4, 0.5) is 0 Å². The number of nitrogens with one attached hydrogen (secondary N) is 2. The van der Waals surface area contributed by atoms with Gasteiger partial charge in [0.25, 0.3) is 5.91 Å². The first kappa shape index (κ1) is 13.4. The quantitative estimate of drug-likeness (QED) is 0.789. The highest BCUT2D eigenvalue weighted by Crippen LogP contribution is 2.08. The predicted molar refractivity (Wildman–Crippen MR) is 70.0 cm³/mol. The third-order valence-electron chi connectivity index (χ3n) is 2.93. The molecule has 2 N–H and O–H groups in total. The number of ether oxygens (including phenoxy) is 1. The fourth-order valence-corrected chi connectivity index (χ4v) is 2.09. The Morgan fingerprint density at radius 1 is 1.50 bits per heavy atom. The lowest BCUT2D eigenvalue weighted by Gasteiger charge is -2.26. The second-order valence-corrected chi connectivity index (χ2v) is 4.73. The van der Waals surface area contributed by atoms with E-state index in [4.69, 9.17) is 16.3 Å². The van der Waals surface area contributed by atoms with Gasteiger partial charge in [0.15, 0.2) is 0 Å². The van der Waals surface area contributed by atoms with E-state index in [0.29, 0.717) is 17.3 Å². The average molecular weight is 272 g/mol. The lowest BCUT2D eigenvalue weighted by Crippen LogP contribution is -2.38. The van der Waals surface area contributed by atoms with E-state index in [1.807, 2.05) is 0 Å². The molecule has 1 amide bonds. The summed E-state index contributed by atoms with van der Waals surface area (Å²) in [4.78, 5) is 16.8. The zero-order valence-corrected chi connectivity index (χ0v) is 11.0. The van der Waals surface area contributed by atoms with Crippen LogP contribution in [0, 0.1) is 0 Å². The first-order valence-corrected chi connectivity index (χ1v) is 6.56. The Morgan fingerprint density at radius 3 is 2.94 bits per heavy atom. The maximum atomic E-state index is 11.7. The van der Waals surface area contributed by atoms with E-state index in [1.54, 1.807) is 12.3 Å². The fourth-order valence-electron chi connectivity index (χ4n) is 1.92. The van der Waals surface area contributed by atoms with Crippen molar-refractivity contribution in [3.05, 3.63) is 23.0 Å². The summed E-state index contributed by atoms with van der Waals surface area (Å²) in [5.74, 6) is -0.108. The highest BCUT2D eigenvalue weighted by molar-refractivity contribution is 6.30. The minimum absolute atomic E-state index is 0.108. The molecule has 0 spiro atoms. The van der Waals surface area contributed by atoms with Gasteiger partial charge in [0.05, 0.1) is 18.2 Å². The van der Waals surface area contributed by atoms with Crippen LogP contribution in [0.3, 0.4) is 0 Å². The molecule has 1 aromatic rings. The number of aromatic nitrogens is 1. The van der Waals surface area contributed by atoms with Gasteiger partial charge in [0, 0.05) is 25.8 Å². The molecule has 0 aromatic carbocycles. The minimum Gasteiger partial charge on any atom is -0.379 e. The van der Waals surface area contributed by atoms with Crippen LogP contribution in [0.25, 0.3) is 0 Å². The van der Waals surface area contributed by atoms with Crippen molar-refractivity contribution in [1.82, 2.24) is 15.2 Å². The number of carbonyl (C=O) groups excluding carboxylic acids is 1. The van der Waals surface area contributed by atoms with Gasteiger partial charge in [0.1, 0.15) is 5.69 Å². The molecule has 1 aromatic heterocycles. The molecule has 2 heterocycles. The van der Waals surface area contributed by atoms with E-state index >= 15 is 0 Å². The molecular weight excluding hydrogens is 254 g/mol. The van der Waals surface area contributed by atoms with Crippen molar-refractivity contribution in [1.29, 1.82) is 0 Å². The number of nitrogens with zero attached hydrogens (tertiary/aromatic N) is 1. The van der Waals surface area contributed by atoms with Gasteiger partial charge in [-0.2, -0.15) is 0 Å². The average Bonchev–Trinajstić information content (AvgIpc) is 2.82. The molecule has 1 aliphatic rings. The van der Waals surface area contributed by atoms with Crippen molar-refractivity contribution in [2.24, 2.45) is 0 Å². The Balaban J connectivity index is 1.61. The van der Waals surface area contributed by atoms with Gasteiger partial charge in [-0.05, 0) is 19.0 Å². The number of hydrogen-bond donors (Lipinski definition) is 2. The Hall–Kier alpha value is -1.04. The van der Waals surface area contributed by atoms with Crippen LogP contribution in [-0.4, -0.2) is 55.2 Å². The lowest BCUT2D eigenvalue weighted by atomic mass is 10.3. The van der Waals surface area contributed by atoms with Crippen LogP contribution in [0.2, 0.25) is 5.02 Å². The van der Waals surface area contributed by atoms with Crippen LogP contribution in [0.15, 0.2) is 12.3 Å². The van der Waals surface area contributed by atoms with Crippen LogP contribution in [-0.2, 0) is 4.74 Å². The second kappa shape index (κ2) is 6.78. The summed E-state index contributed by atoms with van der Waals surface area (Å²) in [7, 11) is 0. The van der Waals surface area contributed by atoms with Gasteiger partial charge in [-0.1, -0.05) is 11.6 Å². The predicted octanol–water partition coefficient (Wildman–Crippen LogP) is 1.12. The molecule has 0 bridgehead atoms. The van der Waals surface area contributed by atoms with Crippen LogP contribution >= 0.6 is 11.6 Å². The number of amides is 1. The topological polar surface area (TPSA) is 57.4 Å². The summed E-state index contributed by atoms with van der Waals surface area (Å²) in [6, 6.07) is 1.62. The third kappa shape index (κ3) is 4.01. The second-order valence-electron chi connectivity index (χ2n) is 4.30. The summed E-state index contributed by atoms with van der Waals surface area (Å²) >= 11 is 5.74. The smallest absolute Gasteiger partial charge is 0.267 e. The van der Waals surface area contributed by atoms with E-state index in [2.05, 4.69) is 15.2 Å². The summed E-state index contributed by atoms with van der Waals surface area (Å²) < 4.78 is 5.28. The van der Waals surface area contributed by atoms with Gasteiger partial charge in [-0.15, -0.1) is 0 Å². The summed E-state index contributed by atoms with van der Waals surface area (Å²) in [6.07, 6.45) is 2.55. The van der Waals surface area contributed by atoms with Crippen molar-refractivity contribution in [3.8, 4) is 0 Å². The number of hydrogen-bond acceptors (Lipinski definition) is 3.